The molecule has 1 saturated carbocycles. The average Bonchev–Trinajstić information content (AvgIpc) is 3.63. The number of sulfonamides is 1. The minimum absolute atomic E-state index is 0.166. The molecule has 0 aliphatic heterocycles. The van der Waals surface area contributed by atoms with Gasteiger partial charge in [-0.2, -0.15) is 4.31 Å². The Labute approximate surface area is 205 Å². The van der Waals surface area contributed by atoms with Gasteiger partial charge >= 0.3 is 0 Å². The SMILES string of the molecule is Cc1ccc(S(=O)(=O)N(CC(=O)Nc2nc(-c3ccccc3)cn2-c2ccccc2)C2CC2)cc1. The van der Waals surface area contributed by atoms with Crippen LogP contribution in [-0.2, 0) is 14.8 Å². The van der Waals surface area contributed by atoms with Crippen LogP contribution in [0.25, 0.3) is 16.9 Å². The summed E-state index contributed by atoms with van der Waals surface area (Å²) < 4.78 is 29.7. The highest BCUT2D eigenvalue weighted by Gasteiger charge is 2.39. The summed E-state index contributed by atoms with van der Waals surface area (Å²) in [6.45, 7) is 1.63. The van der Waals surface area contributed by atoms with Crippen molar-refractivity contribution < 1.29 is 13.2 Å². The van der Waals surface area contributed by atoms with E-state index in [1.807, 2.05) is 73.8 Å². The summed E-state index contributed by atoms with van der Waals surface area (Å²) in [7, 11) is -3.80. The lowest BCUT2D eigenvalue weighted by molar-refractivity contribution is -0.116. The quantitative estimate of drug-likeness (QED) is 0.393. The summed E-state index contributed by atoms with van der Waals surface area (Å²) in [4.78, 5) is 18.0. The van der Waals surface area contributed by atoms with E-state index in [4.69, 9.17) is 0 Å². The van der Waals surface area contributed by atoms with Crippen molar-refractivity contribution in [3.63, 3.8) is 0 Å². The Balaban J connectivity index is 1.42. The topological polar surface area (TPSA) is 84.3 Å². The van der Waals surface area contributed by atoms with Crippen LogP contribution in [0.1, 0.15) is 18.4 Å². The van der Waals surface area contributed by atoms with Gasteiger partial charge in [0.2, 0.25) is 21.9 Å². The van der Waals surface area contributed by atoms with Gasteiger partial charge in [-0.1, -0.05) is 66.2 Å². The van der Waals surface area contributed by atoms with Crippen molar-refractivity contribution in [2.24, 2.45) is 0 Å². The lowest BCUT2D eigenvalue weighted by Gasteiger charge is -2.21. The van der Waals surface area contributed by atoms with Gasteiger partial charge in [0.05, 0.1) is 17.1 Å². The number of carbonyl (C=O) groups is 1. The largest absolute Gasteiger partial charge is 0.294 e. The number of aryl methyl sites for hydroxylation is 1. The molecule has 4 aromatic rings. The Bertz CT molecular complexity index is 1430. The van der Waals surface area contributed by atoms with E-state index in [1.165, 1.54) is 4.31 Å². The molecule has 5 rings (SSSR count). The third kappa shape index (κ3) is 5.03. The molecule has 1 aliphatic carbocycles. The summed E-state index contributed by atoms with van der Waals surface area (Å²) in [5.74, 6) is -0.0986. The summed E-state index contributed by atoms with van der Waals surface area (Å²) in [5, 5.41) is 2.85. The smallest absolute Gasteiger partial charge is 0.243 e. The Kier molecular flexibility index (Phi) is 6.23. The number of anilines is 1. The first-order valence-electron chi connectivity index (χ1n) is 11.5. The highest BCUT2D eigenvalue weighted by Crippen LogP contribution is 2.32. The summed E-state index contributed by atoms with van der Waals surface area (Å²) in [6.07, 6.45) is 3.35. The predicted octanol–water partition coefficient (Wildman–Crippen LogP) is 4.64. The lowest BCUT2D eigenvalue weighted by atomic mass is 10.2. The Morgan fingerprint density at radius 3 is 2.23 bits per heavy atom. The molecule has 0 atom stereocenters. The lowest BCUT2D eigenvalue weighted by Crippen LogP contribution is -2.39. The molecule has 0 saturated heterocycles. The molecule has 0 unspecified atom stereocenters. The first-order valence-corrected chi connectivity index (χ1v) is 12.9. The van der Waals surface area contributed by atoms with Crippen molar-refractivity contribution in [2.75, 3.05) is 11.9 Å². The minimum atomic E-state index is -3.80. The van der Waals surface area contributed by atoms with E-state index < -0.39 is 15.9 Å². The maximum atomic E-state index is 13.3. The number of hydrogen-bond donors (Lipinski definition) is 1. The maximum Gasteiger partial charge on any atom is 0.243 e. The van der Waals surface area contributed by atoms with Crippen LogP contribution in [-0.4, -0.2) is 40.8 Å². The van der Waals surface area contributed by atoms with E-state index in [9.17, 15) is 13.2 Å². The molecule has 35 heavy (non-hydrogen) atoms. The molecule has 178 valence electrons. The van der Waals surface area contributed by atoms with Crippen LogP contribution in [0.5, 0.6) is 0 Å². The molecule has 1 N–H and O–H groups in total. The molecule has 1 aromatic heterocycles. The van der Waals surface area contributed by atoms with Gasteiger partial charge < -0.3 is 0 Å². The summed E-state index contributed by atoms with van der Waals surface area (Å²) in [6, 6.07) is 25.8. The summed E-state index contributed by atoms with van der Waals surface area (Å²) in [5.41, 5.74) is 3.43. The number of para-hydroxylation sites is 1. The van der Waals surface area contributed by atoms with Gasteiger partial charge in [-0.25, -0.2) is 13.4 Å². The van der Waals surface area contributed by atoms with Crippen molar-refractivity contribution in [3.05, 3.63) is 96.7 Å². The minimum Gasteiger partial charge on any atom is -0.294 e. The molecule has 3 aromatic carbocycles. The number of nitrogens with zero attached hydrogens (tertiary/aromatic N) is 3. The number of nitrogens with one attached hydrogen (secondary N) is 1. The van der Waals surface area contributed by atoms with Crippen molar-refractivity contribution in [3.8, 4) is 16.9 Å². The molecular formula is C27H26N4O3S. The third-order valence-corrected chi connectivity index (χ3v) is 7.85. The zero-order valence-electron chi connectivity index (χ0n) is 19.3. The molecule has 0 spiro atoms. The first-order chi connectivity index (χ1) is 16.9. The fourth-order valence-electron chi connectivity index (χ4n) is 3.93. The highest BCUT2D eigenvalue weighted by molar-refractivity contribution is 7.89. The number of carbonyl (C=O) groups excluding carboxylic acids is 1. The number of imidazole rings is 1. The van der Waals surface area contributed by atoms with Crippen molar-refractivity contribution in [2.45, 2.75) is 30.7 Å². The second kappa shape index (κ2) is 9.48. The molecule has 1 fully saturated rings. The molecule has 1 heterocycles. The Morgan fingerprint density at radius 2 is 1.60 bits per heavy atom. The highest BCUT2D eigenvalue weighted by atomic mass is 32.2. The maximum absolute atomic E-state index is 13.3. The fraction of sp³-hybridized carbons (Fsp3) is 0.185. The second-order valence-electron chi connectivity index (χ2n) is 8.66. The van der Waals surface area contributed by atoms with Crippen LogP contribution in [0.4, 0.5) is 5.95 Å². The number of amides is 1. The second-order valence-corrected chi connectivity index (χ2v) is 10.6. The van der Waals surface area contributed by atoms with Crippen LogP contribution in [0.3, 0.4) is 0 Å². The zero-order chi connectivity index (χ0) is 24.4. The molecule has 0 bridgehead atoms. The number of rotatable bonds is 8. The van der Waals surface area contributed by atoms with Gasteiger partial charge in [0.25, 0.3) is 0 Å². The van der Waals surface area contributed by atoms with Crippen molar-refractivity contribution >= 4 is 21.9 Å². The summed E-state index contributed by atoms with van der Waals surface area (Å²) >= 11 is 0. The number of hydrogen-bond acceptors (Lipinski definition) is 4. The van der Waals surface area contributed by atoms with Gasteiger partial charge in [0.1, 0.15) is 0 Å². The first kappa shape index (κ1) is 23.0. The van der Waals surface area contributed by atoms with Crippen molar-refractivity contribution in [1.82, 2.24) is 13.9 Å². The standard InChI is InChI=1S/C27H26N4O3S/c1-20-12-16-24(17-13-20)35(33,34)31(23-14-15-23)19-26(32)29-27-28-25(21-8-4-2-5-9-21)18-30(27)22-10-6-3-7-11-22/h2-13,16-18,23H,14-15,19H2,1H3,(H,28,29,32). The molecular weight excluding hydrogens is 460 g/mol. The van der Waals surface area contributed by atoms with Gasteiger partial charge in [-0.05, 0) is 44.0 Å². The van der Waals surface area contributed by atoms with Crippen molar-refractivity contribution in [1.29, 1.82) is 0 Å². The van der Waals surface area contributed by atoms with Gasteiger partial charge in [0.15, 0.2) is 0 Å². The molecule has 1 aliphatic rings. The molecule has 1 amide bonds. The van der Waals surface area contributed by atoms with E-state index in [0.717, 1.165) is 29.7 Å². The third-order valence-electron chi connectivity index (χ3n) is 5.94. The fourth-order valence-corrected chi connectivity index (χ4v) is 5.57. The average molecular weight is 487 g/mol. The molecule has 8 heteroatoms. The Hall–Kier alpha value is -3.75. The van der Waals surface area contributed by atoms with Crippen LogP contribution < -0.4 is 5.32 Å². The normalized spacial score (nSPS) is 13.7. The Morgan fingerprint density at radius 1 is 0.971 bits per heavy atom. The van der Waals surface area contributed by atoms with Gasteiger partial charge in [-0.15, -0.1) is 0 Å². The molecule has 0 radical (unpaired) electrons. The monoisotopic (exact) mass is 486 g/mol. The van der Waals surface area contributed by atoms with Crippen LogP contribution >= 0.6 is 0 Å². The van der Waals surface area contributed by atoms with Crippen LogP contribution in [0, 0.1) is 6.92 Å². The van der Waals surface area contributed by atoms with E-state index >= 15 is 0 Å². The number of aromatic nitrogens is 2. The van der Waals surface area contributed by atoms with Crippen LogP contribution in [0.2, 0.25) is 0 Å². The van der Waals surface area contributed by atoms with E-state index in [2.05, 4.69) is 10.3 Å². The van der Waals surface area contributed by atoms with E-state index in [-0.39, 0.29) is 17.5 Å². The predicted molar refractivity (Wildman–Crippen MR) is 136 cm³/mol. The van der Waals surface area contributed by atoms with Crippen LogP contribution in [0.15, 0.2) is 96.0 Å². The van der Waals surface area contributed by atoms with E-state index in [1.54, 1.807) is 28.8 Å². The number of benzene rings is 3. The van der Waals surface area contributed by atoms with Gasteiger partial charge in [-0.3, -0.25) is 14.7 Å². The zero-order valence-corrected chi connectivity index (χ0v) is 20.2. The van der Waals surface area contributed by atoms with E-state index in [0.29, 0.717) is 11.6 Å². The van der Waals surface area contributed by atoms with Gasteiger partial charge in [0, 0.05) is 23.5 Å². The molecule has 7 nitrogen and oxygen atoms in total.